The fraction of sp³-hybridized carbons (Fsp3) is 0.412. The summed E-state index contributed by atoms with van der Waals surface area (Å²) < 4.78 is 51.0. The molecule has 0 atom stereocenters. The fourth-order valence-corrected chi connectivity index (χ4v) is 2.26. The number of hydrogen-bond acceptors (Lipinski definition) is 5. The van der Waals surface area contributed by atoms with E-state index in [9.17, 15) is 27.2 Å². The van der Waals surface area contributed by atoms with E-state index in [1.165, 1.54) is 26.1 Å². The molecule has 2 aromatic heterocycles. The number of nitrogens with one attached hydrogen (secondary N) is 4. The molecule has 158 valence electrons. The highest BCUT2D eigenvalue weighted by Crippen LogP contribution is 2.22. The van der Waals surface area contributed by atoms with Gasteiger partial charge in [0, 0.05) is 18.3 Å². The van der Waals surface area contributed by atoms with Crippen LogP contribution in [0.3, 0.4) is 0 Å². The molecule has 2 amide bonds. The second-order valence-corrected chi connectivity index (χ2v) is 6.60. The molecule has 0 unspecified atom stereocenters. The summed E-state index contributed by atoms with van der Waals surface area (Å²) in [5.41, 5.74) is -0.966. The molecule has 0 fully saturated rings. The Kier molecular flexibility index (Phi) is 6.44. The lowest BCUT2D eigenvalue weighted by Gasteiger charge is -2.26. The molecular formula is C17H20F4N6O2. The van der Waals surface area contributed by atoms with Crippen molar-refractivity contribution in [3.63, 3.8) is 0 Å². The normalized spacial score (nSPS) is 11.8. The van der Waals surface area contributed by atoms with E-state index >= 15 is 0 Å². The maximum atomic E-state index is 14.1. The lowest BCUT2D eigenvalue weighted by Crippen LogP contribution is -2.50. The van der Waals surface area contributed by atoms with E-state index in [1.807, 2.05) is 0 Å². The van der Waals surface area contributed by atoms with Crippen LogP contribution in [-0.4, -0.2) is 51.6 Å². The van der Waals surface area contributed by atoms with Crippen LogP contribution in [0.15, 0.2) is 18.5 Å². The van der Waals surface area contributed by atoms with Crippen molar-refractivity contribution in [2.45, 2.75) is 32.5 Å². The first kappa shape index (κ1) is 22.1. The van der Waals surface area contributed by atoms with Crippen LogP contribution in [0.5, 0.6) is 0 Å². The van der Waals surface area contributed by atoms with Crippen molar-refractivity contribution in [1.82, 2.24) is 25.6 Å². The number of carbonyl (C=O) groups is 2. The molecule has 2 aromatic rings. The molecule has 0 aliphatic rings. The number of anilines is 1. The van der Waals surface area contributed by atoms with E-state index in [2.05, 4.69) is 25.6 Å². The van der Waals surface area contributed by atoms with Crippen molar-refractivity contribution < 1.29 is 27.2 Å². The highest BCUT2D eigenvalue weighted by molar-refractivity contribution is 5.93. The molecule has 2 rings (SSSR count). The Morgan fingerprint density at radius 1 is 1.21 bits per heavy atom. The van der Waals surface area contributed by atoms with Crippen molar-refractivity contribution in [2.75, 3.05) is 18.4 Å². The van der Waals surface area contributed by atoms with Gasteiger partial charge in [0.2, 0.25) is 5.91 Å². The van der Waals surface area contributed by atoms with Crippen molar-refractivity contribution in [3.05, 3.63) is 30.0 Å². The van der Waals surface area contributed by atoms with Gasteiger partial charge in [-0.15, -0.1) is 0 Å². The van der Waals surface area contributed by atoms with Crippen LogP contribution in [0, 0.1) is 5.82 Å². The van der Waals surface area contributed by atoms with Gasteiger partial charge in [-0.25, -0.2) is 14.4 Å². The number of carbonyl (C=O) groups excluding carboxylic acids is 2. The predicted octanol–water partition coefficient (Wildman–Crippen LogP) is 2.23. The van der Waals surface area contributed by atoms with Crippen molar-refractivity contribution in [2.24, 2.45) is 0 Å². The first-order valence-corrected chi connectivity index (χ1v) is 8.55. The Hall–Kier alpha value is -3.18. The lowest BCUT2D eigenvalue weighted by atomic mass is 10.0. The standard InChI is InChI=1S/C17H20F4N6O2/c1-4-22-14(28)11-5-9(6-23-11)12-24-7-10(18)13(26-12)27-16(2,3)15(29)25-8-17(19,20)21/h5-7,23H,4,8H2,1-3H3,(H,22,28)(H,25,29)(H,24,26,27). The van der Waals surface area contributed by atoms with Crippen LogP contribution < -0.4 is 16.0 Å². The van der Waals surface area contributed by atoms with E-state index in [0.717, 1.165) is 6.20 Å². The topological polar surface area (TPSA) is 112 Å². The summed E-state index contributed by atoms with van der Waals surface area (Å²) in [6.45, 7) is 3.24. The molecule has 4 N–H and O–H groups in total. The van der Waals surface area contributed by atoms with Crippen molar-refractivity contribution >= 4 is 17.6 Å². The average Bonchev–Trinajstić information content (AvgIpc) is 3.11. The summed E-state index contributed by atoms with van der Waals surface area (Å²) in [6.07, 6.45) is -2.27. The molecule has 0 saturated heterocycles. The molecule has 0 radical (unpaired) electrons. The minimum Gasteiger partial charge on any atom is -0.356 e. The second-order valence-electron chi connectivity index (χ2n) is 6.60. The first-order valence-electron chi connectivity index (χ1n) is 8.55. The number of aromatic nitrogens is 3. The zero-order valence-corrected chi connectivity index (χ0v) is 15.9. The van der Waals surface area contributed by atoms with Gasteiger partial charge < -0.3 is 20.9 Å². The summed E-state index contributed by atoms with van der Waals surface area (Å²) in [4.78, 5) is 34.4. The molecule has 0 saturated carbocycles. The molecule has 0 spiro atoms. The van der Waals surface area contributed by atoms with E-state index in [-0.39, 0.29) is 23.2 Å². The van der Waals surface area contributed by atoms with E-state index in [1.54, 1.807) is 12.2 Å². The summed E-state index contributed by atoms with van der Waals surface area (Å²) in [7, 11) is 0. The Morgan fingerprint density at radius 2 is 1.90 bits per heavy atom. The highest BCUT2D eigenvalue weighted by Gasteiger charge is 2.34. The Bertz CT molecular complexity index is 894. The van der Waals surface area contributed by atoms with Crippen LogP contribution in [0.2, 0.25) is 0 Å². The fourth-order valence-electron chi connectivity index (χ4n) is 2.26. The molecule has 0 bridgehead atoms. The molecule has 0 aliphatic carbocycles. The Labute approximate surface area is 163 Å². The Balaban J connectivity index is 2.20. The number of hydrogen-bond donors (Lipinski definition) is 4. The zero-order valence-electron chi connectivity index (χ0n) is 15.9. The molecule has 8 nitrogen and oxygen atoms in total. The van der Waals surface area contributed by atoms with E-state index in [0.29, 0.717) is 12.1 Å². The van der Waals surface area contributed by atoms with Gasteiger partial charge in [0.25, 0.3) is 5.91 Å². The summed E-state index contributed by atoms with van der Waals surface area (Å²) in [5, 5.41) is 6.83. The van der Waals surface area contributed by atoms with Crippen LogP contribution in [-0.2, 0) is 4.79 Å². The molecular weight excluding hydrogens is 396 g/mol. The monoisotopic (exact) mass is 416 g/mol. The van der Waals surface area contributed by atoms with Crippen molar-refractivity contribution in [1.29, 1.82) is 0 Å². The number of H-pyrrole nitrogens is 1. The van der Waals surface area contributed by atoms with Gasteiger partial charge in [0.15, 0.2) is 17.5 Å². The highest BCUT2D eigenvalue weighted by atomic mass is 19.4. The van der Waals surface area contributed by atoms with Crippen LogP contribution in [0.25, 0.3) is 11.4 Å². The number of aromatic amines is 1. The van der Waals surface area contributed by atoms with Gasteiger partial charge in [-0.1, -0.05) is 0 Å². The van der Waals surface area contributed by atoms with Crippen LogP contribution in [0.4, 0.5) is 23.4 Å². The largest absolute Gasteiger partial charge is 0.405 e. The maximum Gasteiger partial charge on any atom is 0.405 e. The number of alkyl halides is 3. The van der Waals surface area contributed by atoms with Crippen LogP contribution >= 0.6 is 0 Å². The van der Waals surface area contributed by atoms with Gasteiger partial charge in [-0.3, -0.25) is 9.59 Å². The zero-order chi connectivity index (χ0) is 21.8. The molecule has 0 aromatic carbocycles. The third kappa shape index (κ3) is 5.90. The van der Waals surface area contributed by atoms with Gasteiger partial charge in [0.1, 0.15) is 17.8 Å². The Morgan fingerprint density at radius 3 is 2.52 bits per heavy atom. The predicted molar refractivity (Wildman–Crippen MR) is 96.6 cm³/mol. The summed E-state index contributed by atoms with van der Waals surface area (Å²) >= 11 is 0. The summed E-state index contributed by atoms with van der Waals surface area (Å²) in [5.74, 6) is -2.56. The average molecular weight is 416 g/mol. The van der Waals surface area contributed by atoms with E-state index in [4.69, 9.17) is 0 Å². The van der Waals surface area contributed by atoms with Crippen LogP contribution in [0.1, 0.15) is 31.3 Å². The number of nitrogens with zero attached hydrogens (tertiary/aromatic N) is 2. The van der Waals surface area contributed by atoms with Gasteiger partial charge in [0.05, 0.1) is 6.20 Å². The first-order chi connectivity index (χ1) is 13.4. The van der Waals surface area contributed by atoms with Gasteiger partial charge in [-0.2, -0.15) is 13.2 Å². The molecule has 12 heteroatoms. The van der Waals surface area contributed by atoms with Gasteiger partial charge >= 0.3 is 6.18 Å². The maximum absolute atomic E-state index is 14.1. The smallest absolute Gasteiger partial charge is 0.356 e. The third-order valence-electron chi connectivity index (χ3n) is 3.72. The second kappa shape index (κ2) is 8.45. The van der Waals surface area contributed by atoms with Gasteiger partial charge in [-0.05, 0) is 26.8 Å². The number of amides is 2. The molecule has 29 heavy (non-hydrogen) atoms. The summed E-state index contributed by atoms with van der Waals surface area (Å²) in [6, 6.07) is 1.46. The van der Waals surface area contributed by atoms with Crippen molar-refractivity contribution in [3.8, 4) is 11.4 Å². The minimum absolute atomic E-state index is 0.0483. The number of halogens is 4. The quantitative estimate of drug-likeness (QED) is 0.517. The molecule has 2 heterocycles. The molecule has 0 aliphatic heterocycles. The number of rotatable bonds is 7. The van der Waals surface area contributed by atoms with E-state index < -0.39 is 30.0 Å². The minimum atomic E-state index is -4.57. The SMILES string of the molecule is CCNC(=O)c1cc(-c2ncc(F)c(NC(C)(C)C(=O)NCC(F)(F)F)n2)c[nH]1. The lowest BCUT2D eigenvalue weighted by molar-refractivity contribution is -0.140. The third-order valence-corrected chi connectivity index (χ3v) is 3.72.